The summed E-state index contributed by atoms with van der Waals surface area (Å²) < 4.78 is 8.00. The highest BCUT2D eigenvalue weighted by atomic mass is 35.5. The fraction of sp³-hybridized carbons (Fsp3) is 0.261. The van der Waals surface area contributed by atoms with Crippen molar-refractivity contribution in [1.29, 1.82) is 0 Å². The molecular formula is C23H24Cl2N4O2S. The number of aryl methyl sites for hydroxylation is 1. The van der Waals surface area contributed by atoms with Crippen molar-refractivity contribution in [2.45, 2.75) is 38.2 Å². The van der Waals surface area contributed by atoms with Crippen LogP contribution in [0.5, 0.6) is 5.75 Å². The molecule has 1 aromatic heterocycles. The van der Waals surface area contributed by atoms with Crippen molar-refractivity contribution in [3.63, 3.8) is 0 Å². The van der Waals surface area contributed by atoms with Gasteiger partial charge in [0, 0.05) is 23.1 Å². The number of thioether (sulfide) groups is 1. The maximum Gasteiger partial charge on any atom is 0.230 e. The molecule has 168 valence electrons. The maximum atomic E-state index is 12.3. The number of hydrogen-bond donors (Lipinski definition) is 1. The molecule has 2 aromatic carbocycles. The highest BCUT2D eigenvalue weighted by molar-refractivity contribution is 7.99. The minimum atomic E-state index is -0.351. The van der Waals surface area contributed by atoms with Gasteiger partial charge in [-0.05, 0) is 55.3 Å². The van der Waals surface area contributed by atoms with Gasteiger partial charge in [-0.1, -0.05) is 53.2 Å². The normalized spacial score (nSPS) is 11.8. The average Bonchev–Trinajstić information content (AvgIpc) is 3.17. The van der Waals surface area contributed by atoms with E-state index in [0.717, 1.165) is 16.9 Å². The lowest BCUT2D eigenvalue weighted by Crippen LogP contribution is -2.24. The summed E-state index contributed by atoms with van der Waals surface area (Å²) in [5.41, 5.74) is 1.92. The summed E-state index contributed by atoms with van der Waals surface area (Å²) in [5, 5.41) is 13.4. The molecule has 3 rings (SSSR count). The largest absolute Gasteiger partial charge is 0.482 e. The second-order valence-electron chi connectivity index (χ2n) is 7.10. The van der Waals surface area contributed by atoms with E-state index in [2.05, 4.69) is 22.1 Å². The van der Waals surface area contributed by atoms with E-state index in [1.54, 1.807) is 24.3 Å². The Morgan fingerprint density at radius 1 is 1.22 bits per heavy atom. The quantitative estimate of drug-likeness (QED) is 0.294. The van der Waals surface area contributed by atoms with Gasteiger partial charge in [0.1, 0.15) is 5.75 Å². The van der Waals surface area contributed by atoms with Gasteiger partial charge in [0.15, 0.2) is 17.1 Å². The van der Waals surface area contributed by atoms with E-state index in [0.29, 0.717) is 34.1 Å². The van der Waals surface area contributed by atoms with Gasteiger partial charge >= 0.3 is 0 Å². The van der Waals surface area contributed by atoms with Crippen molar-refractivity contribution in [2.75, 3.05) is 5.75 Å². The molecule has 9 heteroatoms. The van der Waals surface area contributed by atoms with Crippen LogP contribution in [0, 0.1) is 6.92 Å². The Morgan fingerprint density at radius 3 is 2.62 bits per heavy atom. The SMILES string of the molecule is C=CCn1c(SCC(=O)NCc2ccc(Cl)cc2)nnc1C(C)Oc1ccc(Cl)cc1C. The minimum Gasteiger partial charge on any atom is -0.482 e. The summed E-state index contributed by atoms with van der Waals surface area (Å²) in [5.74, 6) is 1.50. The van der Waals surface area contributed by atoms with Crippen molar-refractivity contribution in [2.24, 2.45) is 0 Å². The molecule has 3 aromatic rings. The molecule has 1 atom stereocenters. The third kappa shape index (κ3) is 6.51. The van der Waals surface area contributed by atoms with Crippen LogP contribution in [0.2, 0.25) is 10.0 Å². The first-order valence-electron chi connectivity index (χ1n) is 9.98. The van der Waals surface area contributed by atoms with E-state index in [4.69, 9.17) is 27.9 Å². The molecular weight excluding hydrogens is 467 g/mol. The number of aromatic nitrogens is 3. The number of halogens is 2. The predicted octanol–water partition coefficient (Wildman–Crippen LogP) is 5.63. The second kappa shape index (κ2) is 11.4. The number of carbonyl (C=O) groups is 1. The Bertz CT molecular complexity index is 1090. The molecule has 1 N–H and O–H groups in total. The first-order valence-corrected chi connectivity index (χ1v) is 11.7. The monoisotopic (exact) mass is 490 g/mol. The van der Waals surface area contributed by atoms with E-state index in [1.807, 2.05) is 42.7 Å². The predicted molar refractivity (Wildman–Crippen MR) is 129 cm³/mol. The summed E-state index contributed by atoms with van der Waals surface area (Å²) in [6.45, 7) is 8.61. The lowest BCUT2D eigenvalue weighted by atomic mass is 10.2. The van der Waals surface area contributed by atoms with Crippen molar-refractivity contribution in [3.05, 3.63) is 82.1 Å². The molecule has 0 aliphatic rings. The van der Waals surface area contributed by atoms with Crippen molar-refractivity contribution in [1.82, 2.24) is 20.1 Å². The molecule has 0 saturated heterocycles. The zero-order valence-electron chi connectivity index (χ0n) is 17.8. The summed E-state index contributed by atoms with van der Waals surface area (Å²) in [4.78, 5) is 12.3. The van der Waals surface area contributed by atoms with Gasteiger partial charge in [-0.3, -0.25) is 9.36 Å². The molecule has 1 heterocycles. The Balaban J connectivity index is 1.62. The van der Waals surface area contributed by atoms with Crippen LogP contribution in [0.3, 0.4) is 0 Å². The lowest BCUT2D eigenvalue weighted by molar-refractivity contribution is -0.118. The first-order chi connectivity index (χ1) is 15.4. The number of carbonyl (C=O) groups excluding carboxylic acids is 1. The van der Waals surface area contributed by atoms with Gasteiger partial charge < -0.3 is 10.1 Å². The van der Waals surface area contributed by atoms with Gasteiger partial charge in [-0.25, -0.2) is 0 Å². The van der Waals surface area contributed by atoms with Crippen LogP contribution in [0.4, 0.5) is 0 Å². The molecule has 0 aliphatic heterocycles. The minimum absolute atomic E-state index is 0.0965. The van der Waals surface area contributed by atoms with Crippen LogP contribution in [0.25, 0.3) is 0 Å². The highest BCUT2D eigenvalue weighted by Gasteiger charge is 2.20. The van der Waals surface area contributed by atoms with Gasteiger partial charge in [-0.2, -0.15) is 0 Å². The number of benzene rings is 2. The number of hydrogen-bond acceptors (Lipinski definition) is 5. The van der Waals surface area contributed by atoms with Crippen molar-refractivity contribution in [3.8, 4) is 5.75 Å². The van der Waals surface area contributed by atoms with Crippen LogP contribution in [-0.4, -0.2) is 26.4 Å². The molecule has 0 bridgehead atoms. The summed E-state index contributed by atoms with van der Waals surface area (Å²) >= 11 is 13.2. The molecule has 1 unspecified atom stereocenters. The lowest BCUT2D eigenvalue weighted by Gasteiger charge is -2.17. The Hall–Kier alpha value is -2.48. The standard InChI is InChI=1S/C23H24Cl2N4O2S/c1-4-11-29-22(16(3)31-20-10-9-19(25)12-15(20)2)27-28-23(29)32-14-21(30)26-13-17-5-7-18(24)8-6-17/h4-10,12,16H,1,11,13-14H2,2-3H3,(H,26,30). The molecule has 0 radical (unpaired) electrons. The van der Waals surface area contributed by atoms with E-state index in [1.165, 1.54) is 11.8 Å². The number of rotatable bonds is 10. The van der Waals surface area contributed by atoms with Crippen LogP contribution in [0.15, 0.2) is 60.3 Å². The summed E-state index contributed by atoms with van der Waals surface area (Å²) in [7, 11) is 0. The number of nitrogens with zero attached hydrogens (tertiary/aromatic N) is 3. The van der Waals surface area contributed by atoms with Gasteiger partial charge in [0.05, 0.1) is 5.75 Å². The maximum absolute atomic E-state index is 12.3. The molecule has 6 nitrogen and oxygen atoms in total. The second-order valence-corrected chi connectivity index (χ2v) is 8.92. The van der Waals surface area contributed by atoms with Gasteiger partial charge in [0.2, 0.25) is 5.91 Å². The molecule has 0 aliphatic carbocycles. The van der Waals surface area contributed by atoms with E-state index in [-0.39, 0.29) is 17.8 Å². The van der Waals surface area contributed by atoms with Crippen LogP contribution >= 0.6 is 35.0 Å². The van der Waals surface area contributed by atoms with E-state index < -0.39 is 0 Å². The first kappa shape index (κ1) is 24.2. The zero-order chi connectivity index (χ0) is 23.1. The van der Waals surface area contributed by atoms with Gasteiger partial charge in [0.25, 0.3) is 0 Å². The number of nitrogens with one attached hydrogen (secondary N) is 1. The average molecular weight is 491 g/mol. The summed E-state index contributed by atoms with van der Waals surface area (Å²) in [6, 6.07) is 12.8. The third-order valence-electron chi connectivity index (χ3n) is 4.60. The Morgan fingerprint density at radius 2 is 1.94 bits per heavy atom. The fourth-order valence-corrected chi connectivity index (χ4v) is 4.12. The highest BCUT2D eigenvalue weighted by Crippen LogP contribution is 2.28. The number of allylic oxidation sites excluding steroid dienone is 1. The van der Waals surface area contributed by atoms with E-state index >= 15 is 0 Å². The molecule has 1 amide bonds. The number of ether oxygens (including phenoxy) is 1. The topological polar surface area (TPSA) is 69.0 Å². The summed E-state index contributed by atoms with van der Waals surface area (Å²) in [6.07, 6.45) is 1.41. The Kier molecular flexibility index (Phi) is 8.61. The van der Waals surface area contributed by atoms with Gasteiger partial charge in [-0.15, -0.1) is 16.8 Å². The zero-order valence-corrected chi connectivity index (χ0v) is 20.2. The fourth-order valence-electron chi connectivity index (χ4n) is 2.98. The molecule has 0 spiro atoms. The van der Waals surface area contributed by atoms with Crippen LogP contribution in [-0.2, 0) is 17.9 Å². The molecule has 32 heavy (non-hydrogen) atoms. The van der Waals surface area contributed by atoms with E-state index in [9.17, 15) is 4.79 Å². The van der Waals surface area contributed by atoms with Crippen LogP contribution in [0.1, 0.15) is 30.0 Å². The molecule has 0 fully saturated rings. The van der Waals surface area contributed by atoms with Crippen LogP contribution < -0.4 is 10.1 Å². The smallest absolute Gasteiger partial charge is 0.230 e. The van der Waals surface area contributed by atoms with Crippen molar-refractivity contribution >= 4 is 40.9 Å². The number of amides is 1. The Labute approximate surface area is 202 Å². The third-order valence-corrected chi connectivity index (χ3v) is 6.05. The van der Waals surface area contributed by atoms with Crippen molar-refractivity contribution < 1.29 is 9.53 Å². The molecule has 0 saturated carbocycles.